The number of carbonyl (C=O) groups excluding carboxylic acids is 2. The molecule has 256 valence electrons. The van der Waals surface area contributed by atoms with Gasteiger partial charge in [0.1, 0.15) is 12.2 Å². The van der Waals surface area contributed by atoms with E-state index in [4.69, 9.17) is 18.5 Å². The van der Waals surface area contributed by atoms with Crippen LogP contribution in [0.1, 0.15) is 155 Å². The molecule has 0 bridgehead atoms. The first-order valence-electron chi connectivity index (χ1n) is 17.0. The zero-order valence-electron chi connectivity index (χ0n) is 27.2. The van der Waals surface area contributed by atoms with E-state index in [9.17, 15) is 29.3 Å². The van der Waals surface area contributed by atoms with Crippen LogP contribution in [0, 0.1) is 0 Å². The number of aliphatic hydroxyl groups excluding tert-OH is 2. The van der Waals surface area contributed by atoms with E-state index >= 15 is 0 Å². The average molecular weight is 639 g/mol. The van der Waals surface area contributed by atoms with Gasteiger partial charge in [-0.1, -0.05) is 129 Å². The van der Waals surface area contributed by atoms with Gasteiger partial charge in [-0.15, -0.1) is 0 Å². The third kappa shape index (κ3) is 28.2. The van der Waals surface area contributed by atoms with Gasteiger partial charge in [-0.2, -0.15) is 0 Å². The first-order valence-corrected chi connectivity index (χ1v) is 18.5. The number of rotatable bonds is 32. The van der Waals surface area contributed by atoms with Gasteiger partial charge < -0.3 is 24.6 Å². The molecule has 0 aromatic heterocycles. The average Bonchev–Trinajstić information content (AvgIpc) is 2.99. The molecule has 0 fully saturated rings. The van der Waals surface area contributed by atoms with Crippen molar-refractivity contribution in [2.45, 2.75) is 167 Å². The van der Waals surface area contributed by atoms with Crippen LogP contribution in [0.3, 0.4) is 0 Å². The number of phosphoric ester groups is 1. The summed E-state index contributed by atoms with van der Waals surface area (Å²) in [6.45, 7) is 2.08. The minimum atomic E-state index is -4.61. The number of phosphoric acid groups is 1. The summed E-state index contributed by atoms with van der Waals surface area (Å²) < 4.78 is 32.1. The first-order chi connectivity index (χ1) is 20.8. The van der Waals surface area contributed by atoms with Crippen molar-refractivity contribution in [1.29, 1.82) is 0 Å². The molecule has 43 heavy (non-hydrogen) atoms. The van der Waals surface area contributed by atoms with Gasteiger partial charge in [-0.05, 0) is 12.8 Å². The highest BCUT2D eigenvalue weighted by Gasteiger charge is 2.27. The molecule has 0 heterocycles. The fourth-order valence-corrected chi connectivity index (χ4v) is 5.43. The summed E-state index contributed by atoms with van der Waals surface area (Å²) >= 11 is 0. The fourth-order valence-electron chi connectivity index (χ4n) is 4.64. The van der Waals surface area contributed by atoms with E-state index < -0.39 is 58.4 Å². The van der Waals surface area contributed by atoms with Crippen molar-refractivity contribution < 1.29 is 47.8 Å². The van der Waals surface area contributed by atoms with Crippen LogP contribution in [0.4, 0.5) is 0 Å². The highest BCUT2D eigenvalue weighted by atomic mass is 31.2. The molecule has 0 spiro atoms. The molecular weight excluding hydrogens is 575 g/mol. The summed E-state index contributed by atoms with van der Waals surface area (Å²) in [5.41, 5.74) is 0. The second kappa shape index (κ2) is 29.7. The van der Waals surface area contributed by atoms with E-state index in [0.717, 1.165) is 44.9 Å². The molecule has 0 aromatic carbocycles. The summed E-state index contributed by atoms with van der Waals surface area (Å²) in [5, 5.41) is 18.9. The topological polar surface area (TPSA) is 149 Å². The van der Waals surface area contributed by atoms with E-state index in [1.807, 2.05) is 0 Å². The van der Waals surface area contributed by atoms with Crippen molar-refractivity contribution in [3.8, 4) is 0 Å². The summed E-state index contributed by atoms with van der Waals surface area (Å²) in [5.74, 6) is -1.03. The predicted octanol–water partition coefficient (Wildman–Crippen LogP) is 7.55. The van der Waals surface area contributed by atoms with E-state index in [1.165, 1.54) is 70.6 Å². The van der Waals surface area contributed by atoms with Gasteiger partial charge in [0.2, 0.25) is 0 Å². The Labute approximate surface area is 261 Å². The third-order valence-corrected chi connectivity index (χ3v) is 8.27. The summed E-state index contributed by atoms with van der Waals surface area (Å²) in [6.07, 6.45) is 21.4. The van der Waals surface area contributed by atoms with Crippen molar-refractivity contribution in [3.05, 3.63) is 0 Å². The van der Waals surface area contributed by atoms with Crippen molar-refractivity contribution in [2.75, 3.05) is 26.4 Å². The van der Waals surface area contributed by atoms with Crippen LogP contribution in [-0.2, 0) is 32.7 Å². The van der Waals surface area contributed by atoms with Crippen molar-refractivity contribution in [1.82, 2.24) is 0 Å². The van der Waals surface area contributed by atoms with Gasteiger partial charge in [-0.3, -0.25) is 18.6 Å². The van der Waals surface area contributed by atoms with Crippen molar-refractivity contribution in [3.63, 3.8) is 0 Å². The number of ether oxygens (including phenoxy) is 2. The van der Waals surface area contributed by atoms with Crippen LogP contribution in [-0.4, -0.2) is 65.7 Å². The molecule has 0 aliphatic rings. The van der Waals surface area contributed by atoms with Gasteiger partial charge in [0.15, 0.2) is 0 Å². The summed E-state index contributed by atoms with van der Waals surface area (Å²) in [7, 11) is -4.61. The lowest BCUT2D eigenvalue weighted by molar-refractivity contribution is -0.153. The molecule has 0 amide bonds. The highest BCUT2D eigenvalue weighted by molar-refractivity contribution is 7.47. The van der Waals surface area contributed by atoms with Crippen LogP contribution in [0.2, 0.25) is 0 Å². The molecule has 0 rings (SSSR count). The van der Waals surface area contributed by atoms with Crippen LogP contribution in [0.5, 0.6) is 0 Å². The van der Waals surface area contributed by atoms with E-state index in [1.54, 1.807) is 0 Å². The molecule has 11 heteroatoms. The van der Waals surface area contributed by atoms with Crippen LogP contribution in [0.15, 0.2) is 0 Å². The smallest absolute Gasteiger partial charge is 0.457 e. The van der Waals surface area contributed by atoms with E-state index in [-0.39, 0.29) is 12.8 Å². The molecule has 0 saturated carbocycles. The lowest BCUT2D eigenvalue weighted by Crippen LogP contribution is -2.28. The fraction of sp³-hybridized carbons (Fsp3) is 0.938. The van der Waals surface area contributed by atoms with Gasteiger partial charge >= 0.3 is 19.8 Å². The second-order valence-corrected chi connectivity index (χ2v) is 13.0. The summed E-state index contributed by atoms with van der Waals surface area (Å²) in [6, 6.07) is 0. The molecule has 3 N–H and O–H groups in total. The lowest BCUT2D eigenvalue weighted by atomic mass is 10.0. The van der Waals surface area contributed by atoms with Gasteiger partial charge in [0, 0.05) is 12.8 Å². The Morgan fingerprint density at radius 1 is 0.535 bits per heavy atom. The Morgan fingerprint density at radius 2 is 0.814 bits per heavy atom. The quantitative estimate of drug-likeness (QED) is 0.0383. The normalized spacial score (nSPS) is 14.3. The standard InChI is InChI=1S/C32H63O10P/c1-3-5-7-9-10-11-12-13-14-15-16-17-18-20-22-24-32(36)42-30(26-34)28-40-43(37,38)39-27-29(25-33)41-31(35)23-21-19-8-6-4-2/h29-30,33-34H,3-28H2,1-2H3,(H,37,38). The number of hydrogen-bond acceptors (Lipinski definition) is 9. The van der Waals surface area contributed by atoms with Crippen LogP contribution >= 0.6 is 7.82 Å². The van der Waals surface area contributed by atoms with Gasteiger partial charge in [0.25, 0.3) is 0 Å². The van der Waals surface area contributed by atoms with Crippen molar-refractivity contribution >= 4 is 19.8 Å². The maximum atomic E-state index is 12.2. The SMILES string of the molecule is CCCCCCCCCCCCCCCCCC(=O)OC(CO)COP(=O)(O)OCC(CO)OC(=O)CCCCCCC. The number of aliphatic hydroxyl groups is 2. The maximum Gasteiger partial charge on any atom is 0.472 e. The molecule has 3 unspecified atom stereocenters. The van der Waals surface area contributed by atoms with Crippen LogP contribution < -0.4 is 0 Å². The largest absolute Gasteiger partial charge is 0.472 e. The van der Waals surface area contributed by atoms with Gasteiger partial charge in [-0.25, -0.2) is 4.57 Å². The molecule has 0 radical (unpaired) electrons. The van der Waals surface area contributed by atoms with Gasteiger partial charge in [0.05, 0.1) is 26.4 Å². The number of unbranched alkanes of at least 4 members (excludes halogenated alkanes) is 18. The first kappa shape index (κ1) is 42.0. The predicted molar refractivity (Wildman–Crippen MR) is 169 cm³/mol. The minimum absolute atomic E-state index is 0.191. The second-order valence-electron chi connectivity index (χ2n) is 11.5. The molecule has 0 aliphatic heterocycles. The monoisotopic (exact) mass is 638 g/mol. The Balaban J connectivity index is 3.94. The Morgan fingerprint density at radius 3 is 1.09 bits per heavy atom. The Hall–Kier alpha value is -1.03. The number of esters is 2. The molecule has 3 atom stereocenters. The highest BCUT2D eigenvalue weighted by Crippen LogP contribution is 2.43. The third-order valence-electron chi connectivity index (χ3n) is 7.32. The Kier molecular flexibility index (Phi) is 29.0. The molecule has 0 saturated heterocycles. The molecule has 0 aliphatic carbocycles. The van der Waals surface area contributed by atoms with E-state index in [2.05, 4.69) is 13.8 Å². The molecule has 10 nitrogen and oxygen atoms in total. The zero-order chi connectivity index (χ0) is 32.0. The van der Waals surface area contributed by atoms with Crippen LogP contribution in [0.25, 0.3) is 0 Å². The zero-order valence-corrected chi connectivity index (χ0v) is 28.1. The van der Waals surface area contributed by atoms with Crippen molar-refractivity contribution in [2.24, 2.45) is 0 Å². The molecule has 0 aromatic rings. The Bertz CT molecular complexity index is 706. The minimum Gasteiger partial charge on any atom is -0.457 e. The number of carbonyl (C=O) groups is 2. The summed E-state index contributed by atoms with van der Waals surface area (Å²) in [4.78, 5) is 34.0. The number of hydrogen-bond donors (Lipinski definition) is 3. The molecular formula is C32H63O10P. The maximum absolute atomic E-state index is 12.2. The lowest BCUT2D eigenvalue weighted by Gasteiger charge is -2.20. The van der Waals surface area contributed by atoms with E-state index in [0.29, 0.717) is 12.8 Å².